The quantitative estimate of drug-likeness (QED) is 0.459. The summed E-state index contributed by atoms with van der Waals surface area (Å²) in [4.78, 5) is 28.0. The highest BCUT2D eigenvalue weighted by molar-refractivity contribution is 8.62. The van der Waals surface area contributed by atoms with Gasteiger partial charge < -0.3 is 15.7 Å². The van der Waals surface area contributed by atoms with Gasteiger partial charge >= 0.3 is 0 Å². The van der Waals surface area contributed by atoms with Crippen molar-refractivity contribution in [3.63, 3.8) is 0 Å². The normalized spacial score (nSPS) is 14.7. The molecule has 2 amide bonds. The van der Waals surface area contributed by atoms with Gasteiger partial charge in [-0.1, -0.05) is 18.2 Å². The zero-order chi connectivity index (χ0) is 23.6. The highest BCUT2D eigenvalue weighted by Gasteiger charge is 2.38. The minimum atomic E-state index is -2.33. The maximum absolute atomic E-state index is 13.2. The van der Waals surface area contributed by atoms with Gasteiger partial charge in [-0.15, -0.1) is 11.3 Å². The number of nitrogens with one attached hydrogen (secondary N) is 2. The SMILES string of the molecule is CS(C)(C)(C)(C)c1ccc(NC(=O)C(NC(=O)Cc2cccs2)c2ccc(O)cc2)cc1. The lowest BCUT2D eigenvalue weighted by atomic mass is 10.1. The molecule has 0 fully saturated rings. The van der Waals surface area contributed by atoms with E-state index in [1.807, 2.05) is 29.6 Å². The highest BCUT2D eigenvalue weighted by Crippen LogP contribution is 2.81. The predicted molar refractivity (Wildman–Crippen MR) is 138 cm³/mol. The Morgan fingerprint density at radius 3 is 2.09 bits per heavy atom. The summed E-state index contributed by atoms with van der Waals surface area (Å²) in [6.07, 6.45) is 11.7. The van der Waals surface area contributed by atoms with Gasteiger partial charge in [-0.25, -0.2) is 0 Å². The van der Waals surface area contributed by atoms with Crippen LogP contribution in [0.5, 0.6) is 5.75 Å². The number of amides is 2. The maximum Gasteiger partial charge on any atom is 0.251 e. The molecule has 5 nitrogen and oxygen atoms in total. The van der Waals surface area contributed by atoms with Crippen LogP contribution in [0.15, 0.2) is 70.9 Å². The summed E-state index contributed by atoms with van der Waals surface area (Å²) in [6, 6.07) is 17.1. The summed E-state index contributed by atoms with van der Waals surface area (Å²) in [5.41, 5.74) is 1.26. The molecular formula is C25H32N2O3S2. The van der Waals surface area contributed by atoms with E-state index in [-0.39, 0.29) is 24.0 Å². The third-order valence-corrected chi connectivity index (χ3v) is 8.51. The summed E-state index contributed by atoms with van der Waals surface area (Å²) in [5.74, 6) is -0.484. The van der Waals surface area contributed by atoms with E-state index in [1.165, 1.54) is 28.4 Å². The largest absolute Gasteiger partial charge is 0.508 e. The van der Waals surface area contributed by atoms with E-state index in [4.69, 9.17) is 0 Å². The fraction of sp³-hybridized carbons (Fsp3) is 0.280. The van der Waals surface area contributed by atoms with Crippen LogP contribution in [0.1, 0.15) is 16.5 Å². The minimum absolute atomic E-state index is 0.0983. The second kappa shape index (κ2) is 7.98. The van der Waals surface area contributed by atoms with Crippen molar-refractivity contribution in [3.8, 4) is 5.75 Å². The molecule has 0 aliphatic rings. The molecule has 172 valence electrons. The van der Waals surface area contributed by atoms with Crippen LogP contribution in [0.25, 0.3) is 0 Å². The molecule has 0 radical (unpaired) electrons. The lowest BCUT2D eigenvalue weighted by molar-refractivity contribution is -0.126. The van der Waals surface area contributed by atoms with Crippen molar-refractivity contribution in [3.05, 3.63) is 76.5 Å². The molecule has 1 aromatic heterocycles. The number of benzene rings is 2. The van der Waals surface area contributed by atoms with Crippen molar-refractivity contribution in [2.75, 3.05) is 36.6 Å². The number of anilines is 1. The Labute approximate surface area is 193 Å². The van der Waals surface area contributed by atoms with Gasteiger partial charge in [0.1, 0.15) is 11.8 Å². The number of aromatic hydroxyl groups is 1. The number of rotatable bonds is 7. The van der Waals surface area contributed by atoms with Crippen molar-refractivity contribution >= 4 is 37.1 Å². The van der Waals surface area contributed by atoms with Crippen LogP contribution in [0, 0.1) is 0 Å². The number of carbonyl (C=O) groups is 2. The highest BCUT2D eigenvalue weighted by atomic mass is 32.4. The van der Waals surface area contributed by atoms with Crippen molar-refractivity contribution < 1.29 is 14.7 Å². The number of thiophene rings is 1. The van der Waals surface area contributed by atoms with Crippen LogP contribution in [0.4, 0.5) is 5.69 Å². The van der Waals surface area contributed by atoms with Crippen LogP contribution >= 0.6 is 19.6 Å². The van der Waals surface area contributed by atoms with Crippen LogP contribution in [-0.2, 0) is 16.0 Å². The summed E-state index contributed by atoms with van der Waals surface area (Å²) in [6.45, 7) is 0. The average Bonchev–Trinajstić information content (AvgIpc) is 3.18. The number of carbonyl (C=O) groups excluding carboxylic acids is 2. The third kappa shape index (κ3) is 6.37. The smallest absolute Gasteiger partial charge is 0.251 e. The first-order valence-corrected chi connectivity index (χ1v) is 15.6. The molecule has 7 heteroatoms. The minimum Gasteiger partial charge on any atom is -0.508 e. The van der Waals surface area contributed by atoms with Crippen molar-refractivity contribution in [2.24, 2.45) is 0 Å². The van der Waals surface area contributed by atoms with Gasteiger partial charge in [-0.05, 0) is 89.6 Å². The molecule has 3 N–H and O–H groups in total. The van der Waals surface area contributed by atoms with Crippen LogP contribution in [0.2, 0.25) is 0 Å². The van der Waals surface area contributed by atoms with Crippen molar-refractivity contribution in [2.45, 2.75) is 17.4 Å². The van der Waals surface area contributed by atoms with Gasteiger partial charge in [-0.2, -0.15) is 0 Å². The molecule has 1 atom stereocenters. The monoisotopic (exact) mass is 472 g/mol. The van der Waals surface area contributed by atoms with Gasteiger partial charge in [0.05, 0.1) is 6.42 Å². The summed E-state index contributed by atoms with van der Waals surface area (Å²) >= 11 is 1.50. The lowest BCUT2D eigenvalue weighted by Gasteiger charge is -2.66. The van der Waals surface area contributed by atoms with Gasteiger partial charge in [0.25, 0.3) is 5.91 Å². The van der Waals surface area contributed by atoms with Crippen molar-refractivity contribution in [1.82, 2.24) is 5.32 Å². The molecule has 32 heavy (non-hydrogen) atoms. The molecule has 3 aromatic rings. The first-order chi connectivity index (χ1) is 14.7. The van der Waals surface area contributed by atoms with Crippen molar-refractivity contribution in [1.29, 1.82) is 0 Å². The Kier molecular flexibility index (Phi) is 5.95. The Bertz CT molecular complexity index is 1100. The summed E-state index contributed by atoms with van der Waals surface area (Å²) in [7, 11) is -2.33. The molecule has 1 heterocycles. The number of phenols is 1. The zero-order valence-electron chi connectivity index (χ0n) is 19.2. The number of hydrogen-bond acceptors (Lipinski definition) is 4. The first-order valence-electron chi connectivity index (χ1n) is 10.2. The lowest BCUT2D eigenvalue weighted by Crippen LogP contribution is -2.37. The number of phenolic OH excluding ortho intramolecular Hbond substituents is 1. The van der Waals surface area contributed by atoms with Gasteiger partial charge in [-0.3, -0.25) is 17.9 Å². The fourth-order valence-electron chi connectivity index (χ4n) is 3.18. The van der Waals surface area contributed by atoms with E-state index < -0.39 is 14.3 Å². The third-order valence-electron chi connectivity index (χ3n) is 5.01. The second-order valence-corrected chi connectivity index (χ2v) is 22.7. The van der Waals surface area contributed by atoms with E-state index in [0.29, 0.717) is 11.3 Å². The Morgan fingerprint density at radius 2 is 1.56 bits per heavy atom. The van der Waals surface area contributed by atoms with Crippen LogP contribution in [-0.4, -0.2) is 48.2 Å². The Morgan fingerprint density at radius 1 is 0.938 bits per heavy atom. The van der Waals surface area contributed by atoms with Gasteiger partial charge in [0, 0.05) is 10.6 Å². The van der Waals surface area contributed by atoms with Crippen LogP contribution in [0.3, 0.4) is 0 Å². The Balaban J connectivity index is 1.80. The topological polar surface area (TPSA) is 78.4 Å². The number of hydrogen-bond donors (Lipinski definition) is 3. The molecule has 0 aliphatic carbocycles. The van der Waals surface area contributed by atoms with E-state index >= 15 is 0 Å². The summed E-state index contributed by atoms with van der Waals surface area (Å²) < 4.78 is 0. The molecule has 0 saturated heterocycles. The molecule has 0 bridgehead atoms. The van der Waals surface area contributed by atoms with Gasteiger partial charge in [0.15, 0.2) is 0 Å². The van der Waals surface area contributed by atoms with Crippen LogP contribution < -0.4 is 10.6 Å². The van der Waals surface area contributed by atoms with Gasteiger partial charge in [0.2, 0.25) is 5.91 Å². The van der Waals surface area contributed by atoms with E-state index in [9.17, 15) is 14.7 Å². The standard InChI is InChI=1S/C25H32N2O3S2/c1-32(2,3,4,5)22-14-10-19(11-15-22)26-25(30)24(18-8-12-20(28)13-9-18)27-23(29)17-21-7-6-16-31-21/h6-16,24,28H,17H2,1-5H3,(H,26,30)(H,27,29). The van der Waals surface area contributed by atoms with E-state index in [1.54, 1.807) is 12.1 Å². The molecule has 3 rings (SSSR count). The average molecular weight is 473 g/mol. The molecular weight excluding hydrogens is 440 g/mol. The molecule has 0 spiro atoms. The second-order valence-electron chi connectivity index (χ2n) is 11.0. The maximum atomic E-state index is 13.2. The molecule has 1 unspecified atom stereocenters. The fourth-order valence-corrected chi connectivity index (χ4v) is 5.38. The van der Waals surface area contributed by atoms with E-state index in [2.05, 4.69) is 54.0 Å². The molecule has 0 aliphatic heterocycles. The predicted octanol–water partition coefficient (Wildman–Crippen LogP) is 4.88. The molecule has 0 saturated carbocycles. The molecule has 2 aromatic carbocycles. The van der Waals surface area contributed by atoms with E-state index in [0.717, 1.165) is 4.88 Å². The zero-order valence-corrected chi connectivity index (χ0v) is 20.8. The Hall–Kier alpha value is -2.77. The first kappa shape index (κ1) is 23.9. The summed E-state index contributed by atoms with van der Waals surface area (Å²) in [5, 5.41) is 17.3.